The molecule has 1 heterocycles. The third-order valence-electron chi connectivity index (χ3n) is 4.05. The van der Waals surface area contributed by atoms with Gasteiger partial charge >= 0.3 is 0 Å². The Balaban J connectivity index is 1.61. The summed E-state index contributed by atoms with van der Waals surface area (Å²) in [6.07, 6.45) is 5.49. The molecule has 1 aliphatic heterocycles. The highest BCUT2D eigenvalue weighted by Crippen LogP contribution is 2.25. The Morgan fingerprint density at radius 1 is 1.18 bits per heavy atom. The van der Waals surface area contributed by atoms with Crippen molar-refractivity contribution in [2.45, 2.75) is 25.7 Å². The van der Waals surface area contributed by atoms with Gasteiger partial charge in [0.05, 0.1) is 0 Å². The molecule has 0 bridgehead atoms. The first-order valence-electron chi connectivity index (χ1n) is 6.91. The van der Waals surface area contributed by atoms with Crippen molar-refractivity contribution in [3.05, 3.63) is 0 Å². The second-order valence-corrected chi connectivity index (χ2v) is 5.55. The molecule has 0 amide bonds. The second-order valence-electron chi connectivity index (χ2n) is 5.55. The lowest BCUT2D eigenvalue weighted by molar-refractivity contribution is 0.314. The topological polar surface area (TPSA) is 39.7 Å². The molecule has 2 fully saturated rings. The summed E-state index contributed by atoms with van der Waals surface area (Å²) < 4.78 is 0. The van der Waals surface area contributed by atoms with Crippen molar-refractivity contribution in [1.29, 1.82) is 0 Å². The molecule has 1 atom stereocenters. The van der Waals surface area contributed by atoms with Gasteiger partial charge in [-0.15, -0.1) is 0 Å². The van der Waals surface area contributed by atoms with Crippen LogP contribution in [0.15, 0.2) is 4.99 Å². The smallest absolute Gasteiger partial charge is 0.190 e. The van der Waals surface area contributed by atoms with E-state index < -0.39 is 0 Å². The fourth-order valence-electron chi connectivity index (χ4n) is 2.59. The Labute approximate surface area is 105 Å². The SMILES string of the molecule is CN=C(NCC1CCC1)NCC1CCN(C)C1. The molecule has 0 aromatic heterocycles. The van der Waals surface area contributed by atoms with Crippen LogP contribution in [0.4, 0.5) is 0 Å². The van der Waals surface area contributed by atoms with Crippen LogP contribution in [0.25, 0.3) is 0 Å². The van der Waals surface area contributed by atoms with Crippen LogP contribution in [0.1, 0.15) is 25.7 Å². The van der Waals surface area contributed by atoms with Gasteiger partial charge in [-0.3, -0.25) is 4.99 Å². The third-order valence-corrected chi connectivity index (χ3v) is 4.05. The maximum Gasteiger partial charge on any atom is 0.190 e. The van der Waals surface area contributed by atoms with Crippen LogP contribution in [0.5, 0.6) is 0 Å². The minimum absolute atomic E-state index is 0.780. The number of rotatable bonds is 4. The number of aliphatic imine (C=N–C) groups is 1. The van der Waals surface area contributed by atoms with Crippen LogP contribution in [0.3, 0.4) is 0 Å². The molecule has 2 N–H and O–H groups in total. The molecular weight excluding hydrogens is 212 g/mol. The largest absolute Gasteiger partial charge is 0.356 e. The molecule has 4 heteroatoms. The Kier molecular flexibility index (Phi) is 4.66. The fraction of sp³-hybridized carbons (Fsp3) is 0.923. The molecule has 1 saturated carbocycles. The summed E-state index contributed by atoms with van der Waals surface area (Å²) in [6.45, 7) is 4.59. The molecule has 1 unspecified atom stereocenters. The van der Waals surface area contributed by atoms with E-state index in [1.54, 1.807) is 0 Å². The first-order valence-corrected chi connectivity index (χ1v) is 6.91. The summed E-state index contributed by atoms with van der Waals surface area (Å²) >= 11 is 0. The van der Waals surface area contributed by atoms with E-state index in [-0.39, 0.29) is 0 Å². The highest BCUT2D eigenvalue weighted by Gasteiger charge is 2.20. The predicted molar refractivity (Wildman–Crippen MR) is 72.3 cm³/mol. The zero-order chi connectivity index (χ0) is 12.1. The molecule has 1 saturated heterocycles. The summed E-state index contributed by atoms with van der Waals surface area (Å²) in [7, 11) is 4.06. The fourth-order valence-corrected chi connectivity index (χ4v) is 2.59. The summed E-state index contributed by atoms with van der Waals surface area (Å²) in [6, 6.07) is 0. The molecule has 1 aliphatic carbocycles. The van der Waals surface area contributed by atoms with Gasteiger partial charge in [0.15, 0.2) is 5.96 Å². The van der Waals surface area contributed by atoms with E-state index in [0.717, 1.165) is 30.9 Å². The van der Waals surface area contributed by atoms with Gasteiger partial charge in [0.2, 0.25) is 0 Å². The Morgan fingerprint density at radius 2 is 1.88 bits per heavy atom. The molecule has 2 rings (SSSR count). The molecule has 98 valence electrons. The lowest BCUT2D eigenvalue weighted by atomic mass is 9.85. The molecule has 4 nitrogen and oxygen atoms in total. The molecule has 17 heavy (non-hydrogen) atoms. The third kappa shape index (κ3) is 3.87. The number of nitrogens with zero attached hydrogens (tertiary/aromatic N) is 2. The average molecular weight is 238 g/mol. The van der Waals surface area contributed by atoms with Crippen molar-refractivity contribution < 1.29 is 0 Å². The maximum absolute atomic E-state index is 4.28. The van der Waals surface area contributed by atoms with Crippen LogP contribution in [0.2, 0.25) is 0 Å². The first-order chi connectivity index (χ1) is 8.28. The van der Waals surface area contributed by atoms with Crippen LogP contribution in [-0.2, 0) is 0 Å². The van der Waals surface area contributed by atoms with Crippen LogP contribution >= 0.6 is 0 Å². The van der Waals surface area contributed by atoms with Crippen molar-refractivity contribution in [2.24, 2.45) is 16.8 Å². The summed E-state index contributed by atoms with van der Waals surface area (Å²) in [4.78, 5) is 6.68. The second kappa shape index (κ2) is 6.24. The van der Waals surface area contributed by atoms with Crippen molar-refractivity contribution in [3.63, 3.8) is 0 Å². The normalized spacial score (nSPS) is 26.9. The minimum Gasteiger partial charge on any atom is -0.356 e. The Morgan fingerprint density at radius 3 is 2.35 bits per heavy atom. The van der Waals surface area contributed by atoms with Gasteiger partial charge in [0.25, 0.3) is 0 Å². The van der Waals surface area contributed by atoms with Gasteiger partial charge in [-0.25, -0.2) is 0 Å². The van der Waals surface area contributed by atoms with Crippen LogP contribution in [-0.4, -0.2) is 51.1 Å². The van der Waals surface area contributed by atoms with Crippen LogP contribution in [0, 0.1) is 11.8 Å². The highest BCUT2D eigenvalue weighted by atomic mass is 15.2. The first kappa shape index (κ1) is 12.7. The molecule has 0 aromatic carbocycles. The monoisotopic (exact) mass is 238 g/mol. The number of guanidine groups is 1. The quantitative estimate of drug-likeness (QED) is 0.565. The molecule has 0 spiro atoms. The molecule has 0 radical (unpaired) electrons. The van der Waals surface area contributed by atoms with Gasteiger partial charge in [-0.05, 0) is 44.7 Å². The van der Waals surface area contributed by atoms with Crippen LogP contribution < -0.4 is 10.6 Å². The number of likely N-dealkylation sites (tertiary alicyclic amines) is 1. The Bertz CT molecular complexity index is 260. The number of hydrogen-bond acceptors (Lipinski definition) is 2. The summed E-state index contributed by atoms with van der Waals surface area (Å²) in [5, 5.41) is 6.88. The average Bonchev–Trinajstić information content (AvgIpc) is 2.67. The molecular formula is C13H26N4. The van der Waals surface area contributed by atoms with E-state index in [1.807, 2.05) is 7.05 Å². The Hall–Kier alpha value is -0.770. The van der Waals surface area contributed by atoms with Crippen molar-refractivity contribution in [3.8, 4) is 0 Å². The van der Waals surface area contributed by atoms with E-state index in [9.17, 15) is 0 Å². The zero-order valence-electron chi connectivity index (χ0n) is 11.2. The lowest BCUT2D eigenvalue weighted by Gasteiger charge is -2.26. The van der Waals surface area contributed by atoms with Crippen molar-refractivity contribution in [2.75, 3.05) is 40.3 Å². The van der Waals surface area contributed by atoms with Gasteiger partial charge in [0.1, 0.15) is 0 Å². The van der Waals surface area contributed by atoms with E-state index in [4.69, 9.17) is 0 Å². The molecule has 2 aliphatic rings. The minimum atomic E-state index is 0.780. The maximum atomic E-state index is 4.28. The van der Waals surface area contributed by atoms with E-state index >= 15 is 0 Å². The van der Waals surface area contributed by atoms with Gasteiger partial charge < -0.3 is 15.5 Å². The van der Waals surface area contributed by atoms with Crippen molar-refractivity contribution >= 4 is 5.96 Å². The summed E-state index contributed by atoms with van der Waals surface area (Å²) in [5.41, 5.74) is 0. The number of hydrogen-bond donors (Lipinski definition) is 2. The van der Waals surface area contributed by atoms with E-state index in [1.165, 1.54) is 38.8 Å². The van der Waals surface area contributed by atoms with E-state index in [0.29, 0.717) is 0 Å². The zero-order valence-corrected chi connectivity index (χ0v) is 11.2. The number of nitrogens with one attached hydrogen (secondary N) is 2. The molecule has 0 aromatic rings. The van der Waals surface area contributed by atoms with Crippen molar-refractivity contribution in [1.82, 2.24) is 15.5 Å². The standard InChI is InChI=1S/C13H26N4/c1-14-13(15-8-11-4-3-5-11)16-9-12-6-7-17(2)10-12/h11-12H,3-10H2,1-2H3,(H2,14,15,16). The van der Waals surface area contributed by atoms with Gasteiger partial charge in [0, 0.05) is 26.7 Å². The van der Waals surface area contributed by atoms with E-state index in [2.05, 4.69) is 27.6 Å². The van der Waals surface area contributed by atoms with Gasteiger partial charge in [-0.1, -0.05) is 6.42 Å². The predicted octanol–water partition coefficient (Wildman–Crippen LogP) is 0.903. The lowest BCUT2D eigenvalue weighted by Crippen LogP contribution is -2.42. The summed E-state index contributed by atoms with van der Waals surface area (Å²) in [5.74, 6) is 2.64. The van der Waals surface area contributed by atoms with Gasteiger partial charge in [-0.2, -0.15) is 0 Å². The highest BCUT2D eigenvalue weighted by molar-refractivity contribution is 5.79.